The molecule has 12 nitrogen and oxygen atoms in total. The first-order chi connectivity index (χ1) is 17.1. The minimum Gasteiger partial charge on any atom is -0.481 e. The predicted octanol–water partition coefficient (Wildman–Crippen LogP) is -0.981. The van der Waals surface area contributed by atoms with Crippen molar-refractivity contribution in [1.82, 2.24) is 16.0 Å². The van der Waals surface area contributed by atoms with Crippen molar-refractivity contribution in [3.05, 3.63) is 35.9 Å². The third-order valence-corrected chi connectivity index (χ3v) is 5.68. The van der Waals surface area contributed by atoms with Crippen LogP contribution in [0.1, 0.15) is 37.7 Å². The highest BCUT2D eigenvalue weighted by Crippen LogP contribution is 2.08. The van der Waals surface area contributed by atoms with Gasteiger partial charge in [0.15, 0.2) is 0 Å². The van der Waals surface area contributed by atoms with Gasteiger partial charge in [-0.25, -0.2) is 4.79 Å². The summed E-state index contributed by atoms with van der Waals surface area (Å²) in [5, 5.41) is 25.7. The largest absolute Gasteiger partial charge is 0.481 e. The van der Waals surface area contributed by atoms with Crippen LogP contribution in [0.25, 0.3) is 0 Å². The number of carbonyl (C=O) groups is 5. The summed E-state index contributed by atoms with van der Waals surface area (Å²) in [7, 11) is 0. The second kappa shape index (κ2) is 16.5. The van der Waals surface area contributed by atoms with Crippen LogP contribution in [0.5, 0.6) is 0 Å². The number of carbonyl (C=O) groups excluding carboxylic acids is 3. The maximum Gasteiger partial charge on any atom is 0.326 e. The molecule has 13 heteroatoms. The second-order valence-corrected chi connectivity index (χ2v) is 8.58. The van der Waals surface area contributed by atoms with Gasteiger partial charge in [0.05, 0.1) is 6.04 Å². The Morgan fingerprint density at radius 2 is 1.42 bits per heavy atom. The molecule has 0 heterocycles. The van der Waals surface area contributed by atoms with Gasteiger partial charge in [0.2, 0.25) is 17.7 Å². The van der Waals surface area contributed by atoms with Crippen LogP contribution >= 0.6 is 12.6 Å². The lowest BCUT2D eigenvalue weighted by atomic mass is 10.0. The Labute approximate surface area is 215 Å². The van der Waals surface area contributed by atoms with Crippen LogP contribution in [0.2, 0.25) is 0 Å². The number of carboxylic acid groups (broad SMARTS) is 2. The Morgan fingerprint density at radius 1 is 0.833 bits per heavy atom. The summed E-state index contributed by atoms with van der Waals surface area (Å²) in [6.07, 6.45) is 0.607. The van der Waals surface area contributed by atoms with Gasteiger partial charge in [-0.3, -0.25) is 19.2 Å². The van der Waals surface area contributed by atoms with E-state index in [-0.39, 0.29) is 25.0 Å². The molecule has 36 heavy (non-hydrogen) atoms. The van der Waals surface area contributed by atoms with E-state index in [2.05, 4.69) is 28.6 Å². The molecule has 0 saturated carbocycles. The van der Waals surface area contributed by atoms with Crippen molar-refractivity contribution in [1.29, 1.82) is 0 Å². The fourth-order valence-corrected chi connectivity index (χ4v) is 3.42. The van der Waals surface area contributed by atoms with E-state index in [1.165, 1.54) is 0 Å². The molecule has 0 bridgehead atoms. The van der Waals surface area contributed by atoms with Gasteiger partial charge in [0.1, 0.15) is 18.1 Å². The fourth-order valence-electron chi connectivity index (χ4n) is 3.25. The number of hydrogen-bond donors (Lipinski definition) is 8. The molecule has 4 unspecified atom stereocenters. The van der Waals surface area contributed by atoms with Crippen LogP contribution in [0.15, 0.2) is 30.3 Å². The zero-order chi connectivity index (χ0) is 27.1. The number of amides is 3. The molecule has 1 aromatic rings. The minimum atomic E-state index is -1.46. The Bertz CT molecular complexity index is 887. The molecule has 200 valence electrons. The zero-order valence-corrected chi connectivity index (χ0v) is 20.8. The summed E-state index contributed by atoms with van der Waals surface area (Å²) in [4.78, 5) is 60.9. The first-order valence-electron chi connectivity index (χ1n) is 11.5. The monoisotopic (exact) mass is 525 g/mol. The first-order valence-corrected chi connectivity index (χ1v) is 12.2. The Kier molecular flexibility index (Phi) is 14.1. The molecule has 1 rings (SSSR count). The maximum absolute atomic E-state index is 13.1. The van der Waals surface area contributed by atoms with E-state index in [0.717, 1.165) is 0 Å². The van der Waals surface area contributed by atoms with E-state index in [0.29, 0.717) is 24.9 Å². The SMILES string of the molecule is NCCCCC(NC(=O)C(N)CS)C(=O)NC(Cc1ccccc1)C(=O)NC(CCC(=O)O)C(=O)O. The predicted molar refractivity (Wildman–Crippen MR) is 135 cm³/mol. The summed E-state index contributed by atoms with van der Waals surface area (Å²) in [6.45, 7) is 0.393. The molecule has 3 amide bonds. The fraction of sp³-hybridized carbons (Fsp3) is 0.522. The average molecular weight is 526 g/mol. The van der Waals surface area contributed by atoms with Gasteiger partial charge in [0.25, 0.3) is 0 Å². The molecule has 0 aliphatic heterocycles. The highest BCUT2D eigenvalue weighted by atomic mass is 32.1. The van der Waals surface area contributed by atoms with Crippen LogP contribution in [0.3, 0.4) is 0 Å². The quantitative estimate of drug-likeness (QED) is 0.0925. The normalized spacial score (nSPS) is 14.1. The number of benzene rings is 1. The second-order valence-electron chi connectivity index (χ2n) is 8.22. The Morgan fingerprint density at radius 3 is 1.97 bits per heavy atom. The molecule has 0 saturated heterocycles. The third-order valence-electron chi connectivity index (χ3n) is 5.29. The van der Waals surface area contributed by atoms with E-state index < -0.39 is 60.2 Å². The summed E-state index contributed by atoms with van der Waals surface area (Å²) in [6, 6.07) is 4.13. The molecule has 0 aliphatic rings. The van der Waals surface area contributed by atoms with Crippen molar-refractivity contribution in [2.24, 2.45) is 11.5 Å². The molecule has 1 aromatic carbocycles. The number of hydrogen-bond acceptors (Lipinski definition) is 8. The lowest BCUT2D eigenvalue weighted by Gasteiger charge is -2.25. The number of carboxylic acids is 2. The molecular formula is C23H35N5O7S. The number of thiol groups is 1. The van der Waals surface area contributed by atoms with Gasteiger partial charge in [-0.1, -0.05) is 30.3 Å². The van der Waals surface area contributed by atoms with Crippen LogP contribution in [-0.4, -0.2) is 76.3 Å². The van der Waals surface area contributed by atoms with Crippen LogP contribution in [0, 0.1) is 0 Å². The van der Waals surface area contributed by atoms with Crippen LogP contribution in [0.4, 0.5) is 0 Å². The zero-order valence-electron chi connectivity index (χ0n) is 19.9. The smallest absolute Gasteiger partial charge is 0.326 e. The van der Waals surface area contributed by atoms with E-state index in [4.69, 9.17) is 16.6 Å². The van der Waals surface area contributed by atoms with Crippen LogP contribution < -0.4 is 27.4 Å². The molecule has 0 aromatic heterocycles. The van der Waals surface area contributed by atoms with Gasteiger partial charge in [-0.2, -0.15) is 12.6 Å². The molecule has 9 N–H and O–H groups in total. The Hall–Kier alpha value is -3.16. The van der Waals surface area contributed by atoms with Gasteiger partial charge in [-0.05, 0) is 37.8 Å². The van der Waals surface area contributed by atoms with Gasteiger partial charge >= 0.3 is 11.9 Å². The van der Waals surface area contributed by atoms with E-state index in [9.17, 15) is 29.1 Å². The van der Waals surface area contributed by atoms with E-state index in [1.54, 1.807) is 30.3 Å². The summed E-state index contributed by atoms with van der Waals surface area (Å²) in [5.74, 6) is -4.58. The number of nitrogens with one attached hydrogen (secondary N) is 3. The van der Waals surface area contributed by atoms with Crippen molar-refractivity contribution >= 4 is 42.3 Å². The number of nitrogens with two attached hydrogens (primary N) is 2. The lowest BCUT2D eigenvalue weighted by Crippen LogP contribution is -2.57. The highest BCUT2D eigenvalue weighted by Gasteiger charge is 2.30. The molecule has 0 radical (unpaired) electrons. The Balaban J connectivity index is 3.09. The number of rotatable bonds is 17. The summed E-state index contributed by atoms with van der Waals surface area (Å²) >= 11 is 3.99. The standard InChI is InChI=1S/C23H35N5O7S/c24-11-5-4-8-16(26-20(31)15(25)13-36)21(32)28-18(12-14-6-2-1-3-7-14)22(33)27-17(23(34)35)9-10-19(29)30/h1-3,6-7,15-18,36H,4-5,8-13,24-25H2,(H,26,31)(H,27,33)(H,28,32)(H,29,30)(H,34,35). The van der Waals surface area contributed by atoms with Gasteiger partial charge < -0.3 is 37.6 Å². The topological polar surface area (TPSA) is 214 Å². The molecule has 0 fully saturated rings. The van der Waals surface area contributed by atoms with Crippen molar-refractivity contribution in [3.63, 3.8) is 0 Å². The van der Waals surface area contributed by atoms with Crippen molar-refractivity contribution in [3.8, 4) is 0 Å². The average Bonchev–Trinajstić information content (AvgIpc) is 2.85. The molecular weight excluding hydrogens is 490 g/mol. The first kappa shape index (κ1) is 30.9. The molecule has 0 spiro atoms. The molecule has 0 aliphatic carbocycles. The van der Waals surface area contributed by atoms with Crippen molar-refractivity contribution in [2.45, 2.75) is 62.7 Å². The number of aliphatic carboxylic acids is 2. The van der Waals surface area contributed by atoms with Crippen molar-refractivity contribution < 1.29 is 34.2 Å². The molecule has 4 atom stereocenters. The highest BCUT2D eigenvalue weighted by molar-refractivity contribution is 7.80. The van der Waals surface area contributed by atoms with Gasteiger partial charge in [-0.15, -0.1) is 0 Å². The summed E-state index contributed by atoms with van der Waals surface area (Å²) in [5.41, 5.74) is 11.9. The van der Waals surface area contributed by atoms with Crippen molar-refractivity contribution in [2.75, 3.05) is 12.3 Å². The van der Waals surface area contributed by atoms with E-state index in [1.807, 2.05) is 0 Å². The van der Waals surface area contributed by atoms with E-state index >= 15 is 0 Å². The number of unbranched alkanes of at least 4 members (excludes halogenated alkanes) is 1. The lowest BCUT2D eigenvalue weighted by molar-refractivity contribution is -0.143. The van der Waals surface area contributed by atoms with Crippen LogP contribution in [-0.2, 0) is 30.4 Å². The third kappa shape index (κ3) is 11.5. The maximum atomic E-state index is 13.1. The minimum absolute atomic E-state index is 0.0311. The van der Waals surface area contributed by atoms with Gasteiger partial charge in [0, 0.05) is 18.6 Å². The summed E-state index contributed by atoms with van der Waals surface area (Å²) < 4.78 is 0.